The van der Waals surface area contributed by atoms with Gasteiger partial charge in [-0.25, -0.2) is 4.98 Å². The van der Waals surface area contributed by atoms with Gasteiger partial charge in [0.1, 0.15) is 5.52 Å². The molecule has 4 nitrogen and oxygen atoms in total. The molecule has 3 aromatic rings. The van der Waals surface area contributed by atoms with Crippen LogP contribution in [0.5, 0.6) is 0 Å². The number of rotatable bonds is 1. The molecule has 2 aromatic carbocycles. The lowest BCUT2D eigenvalue weighted by Crippen LogP contribution is -1.98. The molecule has 0 bridgehead atoms. The van der Waals surface area contributed by atoms with E-state index in [1.54, 1.807) is 0 Å². The molecule has 4 heteroatoms. The number of anilines is 1. The molecule has 0 amide bonds. The molecule has 0 fully saturated rings. The van der Waals surface area contributed by atoms with E-state index in [1.165, 1.54) is 16.7 Å². The first kappa shape index (κ1) is 11.6. The van der Waals surface area contributed by atoms with E-state index in [0.29, 0.717) is 0 Å². The second-order valence-corrected chi connectivity index (χ2v) is 4.64. The van der Waals surface area contributed by atoms with Crippen molar-refractivity contribution in [2.24, 2.45) is 0 Å². The third-order valence-corrected chi connectivity index (χ3v) is 3.24. The number of nitrogens with two attached hydrogens (primary N) is 1. The van der Waals surface area contributed by atoms with E-state index in [1.807, 2.05) is 18.2 Å². The summed E-state index contributed by atoms with van der Waals surface area (Å²) in [5.74, 6) is 0.201. The number of hydrogen-bond donors (Lipinski definition) is 1. The summed E-state index contributed by atoms with van der Waals surface area (Å²) in [5.41, 5.74) is 11.9. The second-order valence-electron chi connectivity index (χ2n) is 4.64. The number of nitrogens with zero attached hydrogens (tertiary/aromatic N) is 3. The number of aromatic nitrogens is 3. The van der Waals surface area contributed by atoms with Gasteiger partial charge in [0.15, 0.2) is 0 Å². The topological polar surface area (TPSA) is 64.7 Å². The summed E-state index contributed by atoms with van der Waals surface area (Å²) < 4.78 is 0. The fourth-order valence-corrected chi connectivity index (χ4v) is 2.37. The minimum atomic E-state index is 0.201. The zero-order valence-electron chi connectivity index (χ0n) is 10.9. The van der Waals surface area contributed by atoms with Crippen molar-refractivity contribution < 1.29 is 0 Å². The van der Waals surface area contributed by atoms with Crippen LogP contribution in [-0.2, 0) is 0 Å². The van der Waals surface area contributed by atoms with Crippen molar-refractivity contribution in [2.45, 2.75) is 13.8 Å². The molecule has 1 heterocycles. The van der Waals surface area contributed by atoms with Crippen LogP contribution in [0.3, 0.4) is 0 Å². The maximum absolute atomic E-state index is 5.54. The Morgan fingerprint density at radius 2 is 1.63 bits per heavy atom. The van der Waals surface area contributed by atoms with Crippen LogP contribution in [-0.4, -0.2) is 15.2 Å². The highest BCUT2D eigenvalue weighted by Gasteiger charge is 2.07. The van der Waals surface area contributed by atoms with Gasteiger partial charge in [0.2, 0.25) is 5.95 Å². The Labute approximate surface area is 111 Å². The fourth-order valence-electron chi connectivity index (χ4n) is 2.37. The lowest BCUT2D eigenvalue weighted by Gasteiger charge is -2.10. The first-order valence-electron chi connectivity index (χ1n) is 6.12. The molecule has 0 atom stereocenters. The number of aryl methyl sites for hydroxylation is 2. The van der Waals surface area contributed by atoms with Crippen molar-refractivity contribution in [1.29, 1.82) is 0 Å². The van der Waals surface area contributed by atoms with Gasteiger partial charge in [-0.05, 0) is 48.2 Å². The normalized spacial score (nSPS) is 10.8. The van der Waals surface area contributed by atoms with E-state index in [0.717, 1.165) is 16.6 Å². The molecule has 94 valence electrons. The molecule has 0 aliphatic rings. The van der Waals surface area contributed by atoms with Crippen LogP contribution in [0.1, 0.15) is 11.1 Å². The summed E-state index contributed by atoms with van der Waals surface area (Å²) in [7, 11) is 0. The summed E-state index contributed by atoms with van der Waals surface area (Å²) >= 11 is 0. The van der Waals surface area contributed by atoms with Crippen LogP contribution in [0, 0.1) is 13.8 Å². The molecule has 3 rings (SSSR count). The van der Waals surface area contributed by atoms with Crippen LogP contribution in [0.2, 0.25) is 0 Å². The summed E-state index contributed by atoms with van der Waals surface area (Å²) in [5, 5.41) is 7.89. The maximum atomic E-state index is 5.54. The maximum Gasteiger partial charge on any atom is 0.240 e. The van der Waals surface area contributed by atoms with Crippen molar-refractivity contribution in [3.63, 3.8) is 0 Å². The number of nitrogen functional groups attached to an aromatic ring is 1. The first-order valence-corrected chi connectivity index (χ1v) is 6.12. The summed E-state index contributed by atoms with van der Waals surface area (Å²) in [6.07, 6.45) is 0. The van der Waals surface area contributed by atoms with Gasteiger partial charge in [0.05, 0.1) is 5.52 Å². The molecule has 0 saturated carbocycles. The molecule has 19 heavy (non-hydrogen) atoms. The van der Waals surface area contributed by atoms with E-state index in [-0.39, 0.29) is 5.95 Å². The Hall–Kier alpha value is -2.49. The molecule has 0 aliphatic heterocycles. The van der Waals surface area contributed by atoms with Gasteiger partial charge in [0.25, 0.3) is 0 Å². The predicted molar refractivity (Wildman–Crippen MR) is 76.7 cm³/mol. The third kappa shape index (κ3) is 2.01. The summed E-state index contributed by atoms with van der Waals surface area (Å²) in [6, 6.07) is 12.3. The lowest BCUT2D eigenvalue weighted by molar-refractivity contribution is 1.04. The van der Waals surface area contributed by atoms with E-state index in [9.17, 15) is 0 Å². The SMILES string of the molecule is Cc1cccc(C)c1-c1ccc2nc(N)nnc2c1. The lowest BCUT2D eigenvalue weighted by atomic mass is 9.95. The molecule has 0 radical (unpaired) electrons. The van der Waals surface area contributed by atoms with Gasteiger partial charge in [0, 0.05) is 0 Å². The standard InChI is InChI=1S/C15H14N4/c1-9-4-3-5-10(2)14(9)11-6-7-12-13(8-11)18-19-15(16)17-12/h3-8H,1-2H3,(H2,16,17,19). The Morgan fingerprint density at radius 1 is 0.895 bits per heavy atom. The zero-order chi connectivity index (χ0) is 13.4. The van der Waals surface area contributed by atoms with Crippen molar-refractivity contribution in [3.8, 4) is 11.1 Å². The summed E-state index contributed by atoms with van der Waals surface area (Å²) in [6.45, 7) is 4.22. The van der Waals surface area contributed by atoms with Crippen molar-refractivity contribution >= 4 is 17.0 Å². The number of fused-ring (bicyclic) bond motifs is 1. The van der Waals surface area contributed by atoms with Gasteiger partial charge in [-0.1, -0.05) is 24.3 Å². The average molecular weight is 250 g/mol. The Balaban J connectivity index is 2.24. The molecule has 0 spiro atoms. The van der Waals surface area contributed by atoms with E-state index in [2.05, 4.69) is 47.2 Å². The van der Waals surface area contributed by atoms with Gasteiger partial charge in [-0.3, -0.25) is 0 Å². The summed E-state index contributed by atoms with van der Waals surface area (Å²) in [4.78, 5) is 4.16. The molecule has 0 unspecified atom stereocenters. The Morgan fingerprint density at radius 3 is 2.37 bits per heavy atom. The van der Waals surface area contributed by atoms with Crippen molar-refractivity contribution in [2.75, 3.05) is 5.73 Å². The highest BCUT2D eigenvalue weighted by atomic mass is 15.2. The Kier molecular flexibility index (Phi) is 2.63. The van der Waals surface area contributed by atoms with Crippen LogP contribution < -0.4 is 5.73 Å². The molecular weight excluding hydrogens is 236 g/mol. The number of hydrogen-bond acceptors (Lipinski definition) is 4. The van der Waals surface area contributed by atoms with Crippen LogP contribution in [0.25, 0.3) is 22.2 Å². The van der Waals surface area contributed by atoms with Crippen LogP contribution in [0.15, 0.2) is 36.4 Å². The highest BCUT2D eigenvalue weighted by molar-refractivity contribution is 5.83. The van der Waals surface area contributed by atoms with Gasteiger partial charge >= 0.3 is 0 Å². The molecule has 0 aliphatic carbocycles. The quantitative estimate of drug-likeness (QED) is 0.721. The minimum Gasteiger partial charge on any atom is -0.366 e. The fraction of sp³-hybridized carbons (Fsp3) is 0.133. The first-order chi connectivity index (χ1) is 9.15. The van der Waals surface area contributed by atoms with E-state index in [4.69, 9.17) is 5.73 Å². The monoisotopic (exact) mass is 250 g/mol. The third-order valence-electron chi connectivity index (χ3n) is 3.24. The molecule has 2 N–H and O–H groups in total. The molecule has 1 aromatic heterocycles. The van der Waals surface area contributed by atoms with Crippen molar-refractivity contribution in [3.05, 3.63) is 47.5 Å². The molecule has 0 saturated heterocycles. The average Bonchev–Trinajstić information content (AvgIpc) is 2.38. The predicted octanol–water partition coefficient (Wildman–Crippen LogP) is 2.89. The zero-order valence-corrected chi connectivity index (χ0v) is 10.9. The van der Waals surface area contributed by atoms with E-state index >= 15 is 0 Å². The van der Waals surface area contributed by atoms with Crippen molar-refractivity contribution in [1.82, 2.24) is 15.2 Å². The van der Waals surface area contributed by atoms with Gasteiger partial charge in [-0.2, -0.15) is 0 Å². The highest BCUT2D eigenvalue weighted by Crippen LogP contribution is 2.28. The molecular formula is C15H14N4. The smallest absolute Gasteiger partial charge is 0.240 e. The van der Waals surface area contributed by atoms with Crippen LogP contribution in [0.4, 0.5) is 5.95 Å². The number of benzene rings is 2. The minimum absolute atomic E-state index is 0.201. The van der Waals surface area contributed by atoms with Gasteiger partial charge < -0.3 is 5.73 Å². The van der Waals surface area contributed by atoms with Crippen LogP contribution >= 0.6 is 0 Å². The van der Waals surface area contributed by atoms with E-state index < -0.39 is 0 Å². The second kappa shape index (κ2) is 4.31. The largest absolute Gasteiger partial charge is 0.366 e. The Bertz CT molecular complexity index is 745. The van der Waals surface area contributed by atoms with Gasteiger partial charge in [-0.15, -0.1) is 10.2 Å².